The number of carbonyl (C=O) groups excluding carboxylic acids is 1. The third kappa shape index (κ3) is 2.38. The summed E-state index contributed by atoms with van der Waals surface area (Å²) < 4.78 is 11.8. The van der Waals surface area contributed by atoms with E-state index in [1.54, 1.807) is 12.1 Å². The van der Waals surface area contributed by atoms with E-state index in [9.17, 15) is 4.79 Å². The predicted octanol–water partition coefficient (Wildman–Crippen LogP) is 2.18. The van der Waals surface area contributed by atoms with Crippen molar-refractivity contribution in [1.82, 2.24) is 9.72 Å². The average molecular weight is 258 g/mol. The van der Waals surface area contributed by atoms with Gasteiger partial charge in [0.25, 0.3) is 0 Å². The van der Waals surface area contributed by atoms with Gasteiger partial charge in [-0.1, -0.05) is 11.1 Å². The summed E-state index contributed by atoms with van der Waals surface area (Å²) >= 11 is 0. The molecule has 0 aliphatic rings. The summed E-state index contributed by atoms with van der Waals surface area (Å²) in [7, 11) is 0. The van der Waals surface area contributed by atoms with Crippen molar-refractivity contribution in [2.75, 3.05) is 6.61 Å². The first-order valence-electron chi connectivity index (χ1n) is 5.77. The second-order valence-corrected chi connectivity index (χ2v) is 4.20. The van der Waals surface area contributed by atoms with E-state index in [0.717, 1.165) is 11.4 Å². The van der Waals surface area contributed by atoms with Crippen LogP contribution in [0.25, 0.3) is 5.82 Å². The highest BCUT2D eigenvalue weighted by Crippen LogP contribution is 2.21. The summed E-state index contributed by atoms with van der Waals surface area (Å²) in [5.74, 6) is 3.18. The van der Waals surface area contributed by atoms with Crippen molar-refractivity contribution in [2.45, 2.75) is 20.8 Å². The van der Waals surface area contributed by atoms with Gasteiger partial charge in [0.2, 0.25) is 0 Å². The smallest absolute Gasteiger partial charge is 0.340 e. The monoisotopic (exact) mass is 258 g/mol. The molecule has 0 unspecified atom stereocenters. The van der Waals surface area contributed by atoms with Gasteiger partial charge in [-0.3, -0.25) is 4.57 Å². The predicted molar refractivity (Wildman–Crippen MR) is 69.2 cm³/mol. The summed E-state index contributed by atoms with van der Waals surface area (Å²) in [6.07, 6.45) is 5.07. The maximum Gasteiger partial charge on any atom is 0.340 e. The van der Waals surface area contributed by atoms with Gasteiger partial charge in [-0.15, -0.1) is 6.42 Å². The Bertz CT molecular complexity index is 659. The fourth-order valence-electron chi connectivity index (χ4n) is 1.97. The van der Waals surface area contributed by atoms with Gasteiger partial charge in [0, 0.05) is 17.5 Å². The van der Waals surface area contributed by atoms with Crippen LogP contribution in [0.3, 0.4) is 0 Å². The molecule has 0 atom stereocenters. The van der Waals surface area contributed by atoms with Crippen molar-refractivity contribution in [3.8, 4) is 18.2 Å². The number of nitrogens with zero attached hydrogens (tertiary/aromatic N) is 2. The molecule has 0 radical (unpaired) electrons. The SMILES string of the molecule is C#CCOC(=O)c1cc(C)n(-c2cc(C)on2)c1C. The topological polar surface area (TPSA) is 57.3 Å². The molecule has 5 nitrogen and oxygen atoms in total. The number of esters is 1. The van der Waals surface area contributed by atoms with E-state index in [-0.39, 0.29) is 6.61 Å². The van der Waals surface area contributed by atoms with E-state index in [1.807, 2.05) is 25.3 Å². The number of aromatic nitrogens is 2. The lowest BCUT2D eigenvalue weighted by Gasteiger charge is -2.04. The van der Waals surface area contributed by atoms with Crippen LogP contribution in [0, 0.1) is 33.1 Å². The van der Waals surface area contributed by atoms with Crippen molar-refractivity contribution in [3.05, 3.63) is 34.8 Å². The molecular formula is C14H14N2O3. The van der Waals surface area contributed by atoms with Crippen LogP contribution in [0.1, 0.15) is 27.5 Å². The summed E-state index contributed by atoms with van der Waals surface area (Å²) in [6, 6.07) is 3.55. The van der Waals surface area contributed by atoms with Gasteiger partial charge in [-0.25, -0.2) is 4.79 Å². The molecule has 0 fully saturated rings. The molecule has 19 heavy (non-hydrogen) atoms. The highest BCUT2D eigenvalue weighted by molar-refractivity contribution is 5.91. The number of aryl methyl sites for hydroxylation is 2. The quantitative estimate of drug-likeness (QED) is 0.625. The van der Waals surface area contributed by atoms with E-state index in [1.165, 1.54) is 0 Å². The van der Waals surface area contributed by atoms with Gasteiger partial charge in [-0.05, 0) is 26.8 Å². The second-order valence-electron chi connectivity index (χ2n) is 4.20. The molecule has 0 aromatic carbocycles. The molecule has 2 aromatic heterocycles. The van der Waals surface area contributed by atoms with Gasteiger partial charge in [0.1, 0.15) is 5.76 Å². The first-order valence-corrected chi connectivity index (χ1v) is 5.77. The molecule has 0 spiro atoms. The number of terminal acetylenes is 1. The molecule has 2 aromatic rings. The van der Waals surface area contributed by atoms with Crippen LogP contribution in [-0.4, -0.2) is 22.3 Å². The van der Waals surface area contributed by atoms with E-state index in [4.69, 9.17) is 15.7 Å². The minimum absolute atomic E-state index is 0.0361. The number of rotatable bonds is 3. The first kappa shape index (κ1) is 13.0. The molecule has 0 bridgehead atoms. The van der Waals surface area contributed by atoms with Gasteiger partial charge in [-0.2, -0.15) is 0 Å². The van der Waals surface area contributed by atoms with Crippen LogP contribution in [-0.2, 0) is 4.74 Å². The summed E-state index contributed by atoms with van der Waals surface area (Å²) in [6.45, 7) is 5.48. The second kappa shape index (κ2) is 5.02. The third-order valence-electron chi connectivity index (χ3n) is 2.78. The summed E-state index contributed by atoms with van der Waals surface area (Å²) in [5, 5.41) is 3.95. The minimum Gasteiger partial charge on any atom is -0.449 e. The van der Waals surface area contributed by atoms with Crippen LogP contribution < -0.4 is 0 Å². The molecule has 0 amide bonds. The Morgan fingerprint density at radius 3 is 2.79 bits per heavy atom. The summed E-state index contributed by atoms with van der Waals surface area (Å²) in [4.78, 5) is 11.9. The van der Waals surface area contributed by atoms with Gasteiger partial charge in [0.15, 0.2) is 12.4 Å². The maximum absolute atomic E-state index is 11.9. The average Bonchev–Trinajstić information content (AvgIpc) is 2.90. The molecule has 0 aliphatic carbocycles. The summed E-state index contributed by atoms with van der Waals surface area (Å²) in [5.41, 5.74) is 2.10. The van der Waals surface area contributed by atoms with Gasteiger partial charge < -0.3 is 9.26 Å². The van der Waals surface area contributed by atoms with Crippen molar-refractivity contribution in [1.29, 1.82) is 0 Å². The highest BCUT2D eigenvalue weighted by atomic mass is 16.5. The Labute approximate surface area is 111 Å². The van der Waals surface area contributed by atoms with Crippen LogP contribution in [0.15, 0.2) is 16.7 Å². The Balaban J connectivity index is 2.40. The number of ether oxygens (including phenoxy) is 1. The molecule has 98 valence electrons. The molecule has 2 rings (SSSR count). The first-order chi connectivity index (χ1) is 9.04. The van der Waals surface area contributed by atoms with Crippen molar-refractivity contribution >= 4 is 5.97 Å². The van der Waals surface area contributed by atoms with Crippen LogP contribution in [0.2, 0.25) is 0 Å². The van der Waals surface area contributed by atoms with E-state index in [2.05, 4.69) is 11.1 Å². The van der Waals surface area contributed by atoms with Gasteiger partial charge in [0.05, 0.1) is 5.56 Å². The fourth-order valence-corrected chi connectivity index (χ4v) is 1.97. The standard InChI is InChI=1S/C14H14N2O3/c1-5-6-18-14(17)12-7-9(2)16(11(12)4)13-8-10(3)19-15-13/h1,7-8H,6H2,2-4H3. The highest BCUT2D eigenvalue weighted by Gasteiger charge is 2.19. The zero-order chi connectivity index (χ0) is 14.0. The lowest BCUT2D eigenvalue weighted by molar-refractivity contribution is 0.0556. The largest absolute Gasteiger partial charge is 0.449 e. The zero-order valence-corrected chi connectivity index (χ0v) is 11.1. The molecule has 0 N–H and O–H groups in total. The molecule has 2 heterocycles. The maximum atomic E-state index is 11.9. The normalized spacial score (nSPS) is 10.2. The van der Waals surface area contributed by atoms with E-state index < -0.39 is 5.97 Å². The molecule has 0 aliphatic heterocycles. The number of hydrogen-bond donors (Lipinski definition) is 0. The number of carbonyl (C=O) groups is 1. The lowest BCUT2D eigenvalue weighted by Crippen LogP contribution is -2.07. The van der Waals surface area contributed by atoms with Crippen LogP contribution in [0.5, 0.6) is 0 Å². The Morgan fingerprint density at radius 2 is 2.21 bits per heavy atom. The zero-order valence-electron chi connectivity index (χ0n) is 11.1. The third-order valence-corrected chi connectivity index (χ3v) is 2.78. The van der Waals surface area contributed by atoms with E-state index >= 15 is 0 Å². The van der Waals surface area contributed by atoms with Gasteiger partial charge >= 0.3 is 5.97 Å². The lowest BCUT2D eigenvalue weighted by atomic mass is 10.2. The molecule has 0 saturated carbocycles. The molecule has 0 saturated heterocycles. The Hall–Kier alpha value is -2.48. The van der Waals surface area contributed by atoms with Crippen molar-refractivity contribution < 1.29 is 14.1 Å². The fraction of sp³-hybridized carbons (Fsp3) is 0.286. The van der Waals surface area contributed by atoms with Crippen molar-refractivity contribution in [2.24, 2.45) is 0 Å². The molecular weight excluding hydrogens is 244 g/mol. The minimum atomic E-state index is -0.433. The Morgan fingerprint density at radius 1 is 1.47 bits per heavy atom. The van der Waals surface area contributed by atoms with Crippen molar-refractivity contribution in [3.63, 3.8) is 0 Å². The van der Waals surface area contributed by atoms with Crippen LogP contribution >= 0.6 is 0 Å². The van der Waals surface area contributed by atoms with Crippen LogP contribution in [0.4, 0.5) is 0 Å². The number of hydrogen-bond acceptors (Lipinski definition) is 4. The van der Waals surface area contributed by atoms with E-state index in [0.29, 0.717) is 17.1 Å². The molecule has 5 heteroatoms. The Kier molecular flexibility index (Phi) is 3.43.